The Bertz CT molecular complexity index is 1200. The van der Waals surface area contributed by atoms with Gasteiger partial charge in [0.15, 0.2) is 5.78 Å². The molecule has 1 aliphatic rings. The highest BCUT2D eigenvalue weighted by Gasteiger charge is 2.27. The van der Waals surface area contributed by atoms with Crippen LogP contribution in [0.1, 0.15) is 70.8 Å². The molecule has 3 heteroatoms. The zero-order chi connectivity index (χ0) is 24.3. The van der Waals surface area contributed by atoms with Crippen LogP contribution in [-0.2, 0) is 16.6 Å². The fourth-order valence-electron chi connectivity index (χ4n) is 5.14. The van der Waals surface area contributed by atoms with E-state index in [0.29, 0.717) is 18.8 Å². The van der Waals surface area contributed by atoms with Crippen LogP contribution < -0.4 is 0 Å². The van der Waals surface area contributed by atoms with Gasteiger partial charge in [-0.25, -0.2) is 0 Å². The summed E-state index contributed by atoms with van der Waals surface area (Å²) in [5.74, 6) is 0.925. The van der Waals surface area contributed by atoms with Crippen molar-refractivity contribution < 1.29 is 9.59 Å². The summed E-state index contributed by atoms with van der Waals surface area (Å²) in [6.45, 7) is 6.20. The lowest BCUT2D eigenvalue weighted by molar-refractivity contribution is -0.126. The third-order valence-electron chi connectivity index (χ3n) is 7.18. The Morgan fingerprint density at radius 2 is 1.68 bits per heavy atom. The topological polar surface area (TPSA) is 39.1 Å². The zero-order valence-electron chi connectivity index (χ0n) is 21.0. The summed E-state index contributed by atoms with van der Waals surface area (Å²) in [5, 5.41) is 1.26. The highest BCUT2D eigenvalue weighted by Crippen LogP contribution is 2.38. The molecule has 0 amide bonds. The van der Waals surface area contributed by atoms with E-state index in [0.717, 1.165) is 25.7 Å². The number of fused-ring (bicyclic) bond motifs is 1. The van der Waals surface area contributed by atoms with Crippen molar-refractivity contribution in [1.29, 1.82) is 0 Å². The first-order valence-electron chi connectivity index (χ1n) is 12.6. The number of allylic oxidation sites excluding steroid dienone is 2. The molecule has 34 heavy (non-hydrogen) atoms. The maximum Gasteiger partial charge on any atom is 0.155 e. The minimum atomic E-state index is -0.0109. The van der Waals surface area contributed by atoms with E-state index < -0.39 is 0 Å². The van der Waals surface area contributed by atoms with E-state index >= 15 is 0 Å². The van der Waals surface area contributed by atoms with Gasteiger partial charge in [0.25, 0.3) is 0 Å². The van der Waals surface area contributed by atoms with Crippen molar-refractivity contribution in [3.8, 4) is 11.3 Å². The van der Waals surface area contributed by atoms with Gasteiger partial charge in [-0.15, -0.1) is 0 Å². The highest BCUT2D eigenvalue weighted by atomic mass is 16.1. The number of aromatic nitrogens is 1. The zero-order valence-corrected chi connectivity index (χ0v) is 21.0. The Labute approximate surface area is 203 Å². The Hall–Kier alpha value is -2.94. The summed E-state index contributed by atoms with van der Waals surface area (Å²) in [6.07, 6.45) is 8.20. The number of hydrogen-bond acceptors (Lipinski definition) is 2. The molecule has 1 aliphatic carbocycles. The summed E-state index contributed by atoms with van der Waals surface area (Å²) < 4.78 is 2.27. The molecule has 0 radical (unpaired) electrons. The molecule has 3 aromatic rings. The predicted molar refractivity (Wildman–Crippen MR) is 141 cm³/mol. The van der Waals surface area contributed by atoms with Crippen molar-refractivity contribution in [2.75, 3.05) is 0 Å². The van der Waals surface area contributed by atoms with Gasteiger partial charge in [0, 0.05) is 42.4 Å². The molecule has 0 atom stereocenters. The van der Waals surface area contributed by atoms with Crippen LogP contribution in [0.2, 0.25) is 0 Å². The van der Waals surface area contributed by atoms with Gasteiger partial charge in [0.1, 0.15) is 5.78 Å². The van der Waals surface area contributed by atoms with Crippen LogP contribution in [-0.4, -0.2) is 16.1 Å². The molecule has 2 aromatic carbocycles. The number of para-hydroxylation sites is 1. The van der Waals surface area contributed by atoms with Crippen molar-refractivity contribution in [3.63, 3.8) is 0 Å². The highest BCUT2D eigenvalue weighted by molar-refractivity contribution is 5.93. The molecule has 1 fully saturated rings. The van der Waals surface area contributed by atoms with Gasteiger partial charge in [-0.3, -0.25) is 9.59 Å². The monoisotopic (exact) mass is 455 g/mol. The van der Waals surface area contributed by atoms with E-state index in [1.165, 1.54) is 27.7 Å². The molecular formula is C31H37NO2. The molecule has 1 heterocycles. The van der Waals surface area contributed by atoms with E-state index in [1.807, 2.05) is 6.08 Å². The number of ketones is 2. The molecule has 1 saturated carbocycles. The third-order valence-corrected chi connectivity index (χ3v) is 7.18. The first-order valence-corrected chi connectivity index (χ1v) is 12.6. The molecule has 0 saturated heterocycles. The van der Waals surface area contributed by atoms with E-state index in [1.54, 1.807) is 6.08 Å². The number of benzene rings is 2. The maximum absolute atomic E-state index is 12.7. The predicted octanol–water partition coefficient (Wildman–Crippen LogP) is 7.64. The molecule has 4 rings (SSSR count). The molecule has 178 valence electrons. The van der Waals surface area contributed by atoms with Crippen molar-refractivity contribution >= 4 is 22.5 Å². The van der Waals surface area contributed by atoms with E-state index in [9.17, 15) is 9.59 Å². The van der Waals surface area contributed by atoms with Crippen LogP contribution >= 0.6 is 0 Å². The van der Waals surface area contributed by atoms with Crippen molar-refractivity contribution in [2.45, 2.75) is 65.2 Å². The molecule has 3 nitrogen and oxygen atoms in total. The summed E-state index contributed by atoms with van der Waals surface area (Å²) in [4.78, 5) is 24.8. The largest absolute Gasteiger partial charge is 0.344 e. The van der Waals surface area contributed by atoms with Crippen LogP contribution in [0.4, 0.5) is 0 Å². The van der Waals surface area contributed by atoms with Gasteiger partial charge < -0.3 is 4.57 Å². The second kappa shape index (κ2) is 10.1. The van der Waals surface area contributed by atoms with Crippen LogP contribution in [0, 0.1) is 11.3 Å². The molecule has 0 spiro atoms. The van der Waals surface area contributed by atoms with E-state index in [-0.39, 0.29) is 22.9 Å². The maximum atomic E-state index is 12.7. The molecule has 0 unspecified atom stereocenters. The minimum absolute atomic E-state index is 0.0109. The number of aryl methyl sites for hydroxylation is 1. The molecule has 0 bridgehead atoms. The second-order valence-corrected chi connectivity index (χ2v) is 11.0. The van der Waals surface area contributed by atoms with Crippen LogP contribution in [0.25, 0.3) is 22.2 Å². The normalized spacial score (nSPS) is 19.1. The first-order chi connectivity index (χ1) is 16.2. The number of Topliss-reactive ketones (excluding diaryl/α,β-unsaturated/α-hetero) is 1. The molecule has 0 aliphatic heterocycles. The van der Waals surface area contributed by atoms with Crippen molar-refractivity contribution in [1.82, 2.24) is 4.57 Å². The lowest BCUT2D eigenvalue weighted by Crippen LogP contribution is -2.21. The quantitative estimate of drug-likeness (QED) is 0.343. The van der Waals surface area contributed by atoms with Gasteiger partial charge >= 0.3 is 0 Å². The minimum Gasteiger partial charge on any atom is -0.344 e. The fourth-order valence-corrected chi connectivity index (χ4v) is 5.14. The van der Waals surface area contributed by atoms with Crippen LogP contribution in [0.3, 0.4) is 0 Å². The molecule has 0 N–H and O–H groups in total. The van der Waals surface area contributed by atoms with Crippen LogP contribution in [0.5, 0.6) is 0 Å². The van der Waals surface area contributed by atoms with Gasteiger partial charge in [0.2, 0.25) is 0 Å². The lowest BCUT2D eigenvalue weighted by atomic mass is 9.76. The lowest BCUT2D eigenvalue weighted by Gasteiger charge is -2.28. The van der Waals surface area contributed by atoms with Gasteiger partial charge in [-0.2, -0.15) is 0 Å². The van der Waals surface area contributed by atoms with Crippen molar-refractivity contribution in [2.24, 2.45) is 18.4 Å². The summed E-state index contributed by atoms with van der Waals surface area (Å²) >= 11 is 0. The standard InChI is InChI=1S/C31H37NO2/c1-31(2,3)19-18-27(33)16-17-30(34)23-14-12-22(13-15-23)24-9-7-10-25(20-24)29-21-26-8-5-6-11-28(26)32(29)4/h5-11,18-23H,12-17H2,1-4H3/b19-18-. The summed E-state index contributed by atoms with van der Waals surface area (Å²) in [6, 6.07) is 19.7. The number of hydrogen-bond donors (Lipinski definition) is 0. The smallest absolute Gasteiger partial charge is 0.155 e. The molecule has 1 aromatic heterocycles. The number of carbonyl (C=O) groups excluding carboxylic acids is 2. The second-order valence-electron chi connectivity index (χ2n) is 11.0. The molecular weight excluding hydrogens is 418 g/mol. The Balaban J connectivity index is 1.35. The van der Waals surface area contributed by atoms with Crippen molar-refractivity contribution in [3.05, 3.63) is 72.3 Å². The van der Waals surface area contributed by atoms with E-state index in [4.69, 9.17) is 0 Å². The average molecular weight is 456 g/mol. The summed E-state index contributed by atoms with van der Waals surface area (Å²) in [5.41, 5.74) is 5.09. The summed E-state index contributed by atoms with van der Waals surface area (Å²) in [7, 11) is 2.13. The van der Waals surface area contributed by atoms with Gasteiger partial charge in [-0.1, -0.05) is 63.2 Å². The average Bonchev–Trinajstić information content (AvgIpc) is 3.17. The van der Waals surface area contributed by atoms with Gasteiger partial charge in [-0.05, 0) is 72.4 Å². The SMILES string of the molecule is Cn1c(-c2cccc(C3CCC(C(=O)CCC(=O)/C=C\C(C)(C)C)CC3)c2)cc2ccccc21. The van der Waals surface area contributed by atoms with E-state index in [2.05, 4.69) is 87.0 Å². The Morgan fingerprint density at radius 3 is 2.38 bits per heavy atom. The Kier molecular flexibility index (Phi) is 7.21. The Morgan fingerprint density at radius 1 is 0.941 bits per heavy atom. The van der Waals surface area contributed by atoms with Crippen LogP contribution in [0.15, 0.2) is 66.7 Å². The first kappa shape index (κ1) is 24.2. The fraction of sp³-hybridized carbons (Fsp3) is 0.419. The third kappa shape index (κ3) is 5.75. The van der Waals surface area contributed by atoms with Gasteiger partial charge in [0.05, 0.1) is 0 Å². The number of nitrogens with zero attached hydrogens (tertiary/aromatic N) is 1. The number of carbonyl (C=O) groups is 2. The number of rotatable bonds is 7.